The van der Waals surface area contributed by atoms with E-state index in [-0.39, 0.29) is 5.56 Å². The van der Waals surface area contributed by atoms with E-state index in [0.717, 1.165) is 5.56 Å². The lowest BCUT2D eigenvalue weighted by Crippen LogP contribution is -2.16. The number of ether oxygens (including phenoxy) is 2. The Morgan fingerprint density at radius 3 is 2.48 bits per heavy atom. The van der Waals surface area contributed by atoms with Crippen LogP contribution in [0.4, 0.5) is 0 Å². The Bertz CT molecular complexity index is 679. The Morgan fingerprint density at radius 1 is 1.24 bits per heavy atom. The van der Waals surface area contributed by atoms with Crippen LogP contribution in [0.3, 0.4) is 0 Å². The highest BCUT2D eigenvalue weighted by Crippen LogP contribution is 2.33. The molecule has 0 saturated carbocycles. The third-order valence-corrected chi connectivity index (χ3v) is 3.93. The van der Waals surface area contributed by atoms with Crippen molar-refractivity contribution >= 4 is 40.0 Å². The van der Waals surface area contributed by atoms with Gasteiger partial charge in [-0.1, -0.05) is 35.3 Å². The first-order chi connectivity index (χ1) is 9.99. The molecule has 2 unspecified atom stereocenters. The van der Waals surface area contributed by atoms with Gasteiger partial charge in [0.25, 0.3) is 5.91 Å². The zero-order chi connectivity index (χ0) is 15.6. The van der Waals surface area contributed by atoms with Crippen LogP contribution in [0.25, 0.3) is 10.9 Å². The predicted molar refractivity (Wildman–Crippen MR) is 81.5 cm³/mol. The molecule has 1 aromatic heterocycles. The van der Waals surface area contributed by atoms with Gasteiger partial charge in [-0.3, -0.25) is 9.78 Å². The highest BCUT2D eigenvalue weighted by molar-refractivity contribution is 6.22. The summed E-state index contributed by atoms with van der Waals surface area (Å²) in [4.78, 5) is 15.8. The molecule has 0 radical (unpaired) electrons. The summed E-state index contributed by atoms with van der Waals surface area (Å²) in [7, 11) is 2.96. The fourth-order valence-corrected chi connectivity index (χ4v) is 2.44. The third kappa shape index (κ3) is 3.11. The molecule has 0 aliphatic rings. The molecule has 0 spiro atoms. The summed E-state index contributed by atoms with van der Waals surface area (Å²) >= 11 is 12.2. The van der Waals surface area contributed by atoms with E-state index in [9.17, 15) is 4.79 Å². The monoisotopic (exact) mass is 328 g/mol. The summed E-state index contributed by atoms with van der Waals surface area (Å²) in [5.41, 5.74) is 6.07. The lowest BCUT2D eigenvalue weighted by molar-refractivity contribution is 0.0994. The first kappa shape index (κ1) is 16.0. The zero-order valence-corrected chi connectivity index (χ0v) is 13.0. The van der Waals surface area contributed by atoms with E-state index in [0.29, 0.717) is 16.5 Å². The number of nitrogens with two attached hydrogens (primary N) is 1. The summed E-state index contributed by atoms with van der Waals surface area (Å²) in [5.74, 6) is -0.613. The predicted octanol–water partition coefficient (Wildman–Crippen LogP) is 3.10. The van der Waals surface area contributed by atoms with E-state index in [1.807, 2.05) is 0 Å². The van der Waals surface area contributed by atoms with E-state index >= 15 is 0 Å². The van der Waals surface area contributed by atoms with E-state index in [1.54, 1.807) is 18.2 Å². The molecule has 1 heterocycles. The molecule has 21 heavy (non-hydrogen) atoms. The second-order valence-corrected chi connectivity index (χ2v) is 5.12. The molecule has 1 amide bonds. The Labute approximate surface area is 131 Å². The smallest absolute Gasteiger partial charge is 0.250 e. The molecule has 112 valence electrons. The number of carbonyl (C=O) groups is 1. The van der Waals surface area contributed by atoms with Gasteiger partial charge in [0, 0.05) is 31.4 Å². The average molecular weight is 329 g/mol. The minimum absolute atomic E-state index is 0.228. The topological polar surface area (TPSA) is 74.4 Å². The average Bonchev–Trinajstić information content (AvgIpc) is 2.51. The Hall–Kier alpha value is -1.40. The zero-order valence-electron chi connectivity index (χ0n) is 11.5. The molecule has 5 nitrogen and oxygen atoms in total. The number of benzene rings is 1. The van der Waals surface area contributed by atoms with Gasteiger partial charge in [-0.05, 0) is 11.6 Å². The highest BCUT2D eigenvalue weighted by Gasteiger charge is 2.20. The van der Waals surface area contributed by atoms with Crippen molar-refractivity contribution in [3.05, 3.63) is 41.1 Å². The summed E-state index contributed by atoms with van der Waals surface area (Å²) in [5, 5.41) is 0.678. The number of pyridine rings is 1. The van der Waals surface area contributed by atoms with Crippen LogP contribution >= 0.6 is 23.2 Å². The molecule has 0 fully saturated rings. The molecule has 2 aromatic rings. The van der Waals surface area contributed by atoms with Crippen LogP contribution < -0.4 is 5.73 Å². The molecule has 2 rings (SSSR count). The van der Waals surface area contributed by atoms with E-state index in [2.05, 4.69) is 4.98 Å². The van der Waals surface area contributed by atoms with Crippen molar-refractivity contribution in [2.45, 2.75) is 11.1 Å². The van der Waals surface area contributed by atoms with Crippen molar-refractivity contribution in [3.8, 4) is 0 Å². The molecular formula is C14H14Cl2N2O3. The maximum Gasteiger partial charge on any atom is 0.250 e. The number of aromatic nitrogens is 1. The Kier molecular flexibility index (Phi) is 5.00. The number of rotatable bonds is 5. The van der Waals surface area contributed by atoms with Crippen molar-refractivity contribution in [3.63, 3.8) is 0 Å². The Morgan fingerprint density at radius 2 is 1.90 bits per heavy atom. The van der Waals surface area contributed by atoms with Crippen molar-refractivity contribution in [1.29, 1.82) is 0 Å². The van der Waals surface area contributed by atoms with Gasteiger partial charge in [-0.2, -0.15) is 0 Å². The van der Waals surface area contributed by atoms with Crippen LogP contribution in [0.2, 0.25) is 0 Å². The first-order valence-electron chi connectivity index (χ1n) is 6.05. The molecule has 0 aliphatic heterocycles. The largest absolute Gasteiger partial charge is 0.366 e. The molecule has 1 aromatic carbocycles. The molecule has 0 aliphatic carbocycles. The third-order valence-electron chi connectivity index (χ3n) is 3.10. The molecule has 2 N–H and O–H groups in total. The number of halogens is 2. The normalized spacial score (nSPS) is 14.1. The lowest BCUT2D eigenvalue weighted by atomic mass is 10.0. The minimum atomic E-state index is -0.807. The van der Waals surface area contributed by atoms with Gasteiger partial charge < -0.3 is 15.2 Å². The molecule has 2 atom stereocenters. The SMILES string of the molecule is COC(Cl)c1ccc2c(C(Cl)OC)c(C(N)=O)cnc2c1. The van der Waals surface area contributed by atoms with Crippen LogP contribution in [-0.4, -0.2) is 25.1 Å². The number of hydrogen-bond donors (Lipinski definition) is 1. The van der Waals surface area contributed by atoms with Gasteiger partial charge in [0.05, 0.1) is 11.1 Å². The van der Waals surface area contributed by atoms with Gasteiger partial charge >= 0.3 is 0 Å². The quantitative estimate of drug-likeness (QED) is 0.856. The van der Waals surface area contributed by atoms with Gasteiger partial charge in [-0.15, -0.1) is 0 Å². The molecular weight excluding hydrogens is 315 g/mol. The van der Waals surface area contributed by atoms with Gasteiger partial charge in [-0.25, -0.2) is 0 Å². The van der Waals surface area contributed by atoms with Crippen molar-refractivity contribution in [1.82, 2.24) is 4.98 Å². The first-order valence-corrected chi connectivity index (χ1v) is 6.93. The van der Waals surface area contributed by atoms with Crippen LogP contribution in [0.5, 0.6) is 0 Å². The van der Waals surface area contributed by atoms with Crippen molar-refractivity contribution < 1.29 is 14.3 Å². The second-order valence-electron chi connectivity index (χ2n) is 4.33. The van der Waals surface area contributed by atoms with E-state index in [1.165, 1.54) is 20.4 Å². The van der Waals surface area contributed by atoms with Crippen molar-refractivity contribution in [2.75, 3.05) is 14.2 Å². The van der Waals surface area contributed by atoms with E-state index < -0.39 is 17.0 Å². The van der Waals surface area contributed by atoms with Gasteiger partial charge in [0.15, 0.2) is 11.1 Å². The summed E-state index contributed by atoms with van der Waals surface area (Å²) in [6, 6.07) is 5.31. The number of fused-ring (bicyclic) bond motifs is 1. The highest BCUT2D eigenvalue weighted by atomic mass is 35.5. The number of hydrogen-bond acceptors (Lipinski definition) is 4. The van der Waals surface area contributed by atoms with Crippen LogP contribution in [0, 0.1) is 0 Å². The molecule has 0 saturated heterocycles. The maximum absolute atomic E-state index is 11.5. The number of alkyl halides is 2. The van der Waals surface area contributed by atoms with Crippen LogP contribution in [-0.2, 0) is 9.47 Å². The van der Waals surface area contributed by atoms with Crippen LogP contribution in [0.15, 0.2) is 24.4 Å². The number of carbonyl (C=O) groups excluding carboxylic acids is 1. The van der Waals surface area contributed by atoms with Gasteiger partial charge in [0.1, 0.15) is 0 Å². The summed E-state index contributed by atoms with van der Waals surface area (Å²) in [6.45, 7) is 0. The lowest BCUT2D eigenvalue weighted by Gasteiger charge is -2.15. The number of amides is 1. The van der Waals surface area contributed by atoms with E-state index in [4.69, 9.17) is 38.4 Å². The van der Waals surface area contributed by atoms with Crippen LogP contribution in [0.1, 0.15) is 32.6 Å². The number of methoxy groups -OCH3 is 2. The molecule has 7 heteroatoms. The second kappa shape index (κ2) is 6.58. The summed E-state index contributed by atoms with van der Waals surface area (Å²) in [6.07, 6.45) is 1.38. The maximum atomic E-state index is 11.5. The van der Waals surface area contributed by atoms with Crippen molar-refractivity contribution in [2.24, 2.45) is 5.73 Å². The standard InChI is InChI=1S/C14H14Cl2N2O3/c1-20-12(15)7-3-4-8-10(5-7)18-6-9(14(17)19)11(8)13(16)21-2/h3-6,12-13H,1-2H3,(H2,17,19). The molecule has 0 bridgehead atoms. The summed E-state index contributed by atoms with van der Waals surface area (Å²) < 4.78 is 10.2. The minimum Gasteiger partial charge on any atom is -0.366 e. The fraction of sp³-hybridized carbons (Fsp3) is 0.286. The van der Waals surface area contributed by atoms with Gasteiger partial charge in [0.2, 0.25) is 0 Å². The Balaban J connectivity index is 2.69. The number of nitrogens with zero attached hydrogens (tertiary/aromatic N) is 1. The number of primary amides is 1. The fourth-order valence-electron chi connectivity index (χ4n) is 2.07.